The predicted octanol–water partition coefficient (Wildman–Crippen LogP) is 4.09. The highest BCUT2D eigenvalue weighted by atomic mass is 35.5. The van der Waals surface area contributed by atoms with Crippen LogP contribution in [-0.2, 0) is 0 Å². The molecule has 2 radical (unpaired) electrons. The minimum Gasteiger partial charge on any atom is -0.361 e. The third-order valence-corrected chi connectivity index (χ3v) is 5.28. The molecule has 5 heteroatoms. The maximum Gasteiger partial charge on any atom is 0.0965 e. The Morgan fingerprint density at radius 2 is 1.91 bits per heavy atom. The normalized spacial score (nSPS) is 16.5. The van der Waals surface area contributed by atoms with Gasteiger partial charge < -0.3 is 9.88 Å². The van der Waals surface area contributed by atoms with Crippen molar-refractivity contribution in [2.24, 2.45) is 0 Å². The number of hydrogen-bond acceptors (Lipinski definition) is 3. The van der Waals surface area contributed by atoms with Crippen LogP contribution in [-0.4, -0.2) is 36.1 Å². The number of aromatic nitrogens is 1. The summed E-state index contributed by atoms with van der Waals surface area (Å²) in [6.07, 6.45) is 1.97. The molecule has 2 aromatic heterocycles. The summed E-state index contributed by atoms with van der Waals surface area (Å²) in [4.78, 5) is 7.92. The summed E-state index contributed by atoms with van der Waals surface area (Å²) in [6, 6.07) is 12.6. The number of hydrogen-bond donors (Lipinski definition) is 1. The number of nitrogens with one attached hydrogen (secondary N) is 1. The van der Waals surface area contributed by atoms with Crippen molar-refractivity contribution >= 4 is 38.8 Å². The highest BCUT2D eigenvalue weighted by molar-refractivity contribution is 7.19. The van der Waals surface area contributed by atoms with Crippen molar-refractivity contribution in [1.29, 1.82) is 0 Å². The van der Waals surface area contributed by atoms with Gasteiger partial charge in [-0.3, -0.25) is 4.90 Å². The Bertz CT molecular complexity index is 771. The third-order valence-electron chi connectivity index (χ3n) is 3.99. The molecule has 3 nitrogen and oxygen atoms in total. The molecule has 0 aliphatic carbocycles. The number of benzene rings is 1. The van der Waals surface area contributed by atoms with Gasteiger partial charge in [-0.05, 0) is 35.2 Å². The van der Waals surface area contributed by atoms with Crippen LogP contribution in [0.2, 0.25) is 4.34 Å². The highest BCUT2D eigenvalue weighted by Crippen LogP contribution is 2.30. The number of H-pyrrole nitrogens is 1. The Balaban J connectivity index is 1.39. The van der Waals surface area contributed by atoms with Gasteiger partial charge in [0.25, 0.3) is 0 Å². The summed E-state index contributed by atoms with van der Waals surface area (Å²) < 4.78 is 0.856. The highest BCUT2D eigenvalue weighted by Gasteiger charge is 2.19. The first-order chi connectivity index (χ1) is 10.8. The van der Waals surface area contributed by atoms with E-state index in [2.05, 4.69) is 51.7 Å². The molecule has 0 unspecified atom stereocenters. The molecule has 1 N–H and O–H groups in total. The van der Waals surface area contributed by atoms with E-state index in [1.54, 1.807) is 11.3 Å². The first-order valence-corrected chi connectivity index (χ1v) is 8.56. The Kier molecular flexibility index (Phi) is 3.82. The second-order valence-electron chi connectivity index (χ2n) is 5.44. The number of aromatic amines is 1. The minimum absolute atomic E-state index is 0.856. The average molecular weight is 330 g/mol. The Morgan fingerprint density at radius 3 is 2.68 bits per heavy atom. The molecular formula is C17H16ClN3S. The molecule has 0 bridgehead atoms. The molecule has 0 amide bonds. The van der Waals surface area contributed by atoms with Crippen LogP contribution in [0, 0.1) is 6.54 Å². The second-order valence-corrected chi connectivity index (χ2v) is 7.14. The van der Waals surface area contributed by atoms with Crippen LogP contribution in [0.5, 0.6) is 0 Å². The molecule has 0 atom stereocenters. The monoisotopic (exact) mass is 329 g/mol. The van der Waals surface area contributed by atoms with Gasteiger partial charge in [-0.25, -0.2) is 0 Å². The van der Waals surface area contributed by atoms with Crippen LogP contribution in [0.4, 0.5) is 5.00 Å². The lowest BCUT2D eigenvalue weighted by Crippen LogP contribution is -2.45. The van der Waals surface area contributed by atoms with E-state index in [0.717, 1.165) is 41.6 Å². The molecule has 4 rings (SSSR count). The van der Waals surface area contributed by atoms with Gasteiger partial charge >= 0.3 is 0 Å². The van der Waals surface area contributed by atoms with E-state index in [1.165, 1.54) is 10.4 Å². The lowest BCUT2D eigenvalue weighted by Gasteiger charge is -2.34. The van der Waals surface area contributed by atoms with Gasteiger partial charge in [0.1, 0.15) is 0 Å². The van der Waals surface area contributed by atoms with E-state index in [9.17, 15) is 0 Å². The van der Waals surface area contributed by atoms with Gasteiger partial charge in [0, 0.05) is 37.9 Å². The molecule has 112 valence electrons. The number of nitrogens with zero attached hydrogens (tertiary/aromatic N) is 2. The van der Waals surface area contributed by atoms with Crippen molar-refractivity contribution in [3.63, 3.8) is 0 Å². The quantitative estimate of drug-likeness (QED) is 0.781. The summed E-state index contributed by atoms with van der Waals surface area (Å²) in [5.41, 5.74) is 2.29. The van der Waals surface area contributed by atoms with Gasteiger partial charge in [-0.1, -0.05) is 23.7 Å². The van der Waals surface area contributed by atoms with E-state index in [4.69, 9.17) is 11.6 Å². The number of fused-ring (bicyclic) bond motifs is 1. The van der Waals surface area contributed by atoms with Crippen molar-refractivity contribution in [1.82, 2.24) is 9.88 Å². The molecule has 3 aromatic rings. The average Bonchev–Trinajstić information content (AvgIpc) is 3.16. The smallest absolute Gasteiger partial charge is 0.0965 e. The molecule has 1 aromatic carbocycles. The maximum absolute atomic E-state index is 6.02. The van der Waals surface area contributed by atoms with E-state index >= 15 is 0 Å². The lowest BCUT2D eigenvalue weighted by atomic mass is 10.1. The molecule has 0 saturated carbocycles. The Labute approximate surface area is 139 Å². The van der Waals surface area contributed by atoms with Crippen molar-refractivity contribution in [3.05, 3.63) is 59.0 Å². The molecule has 3 heterocycles. The summed E-state index contributed by atoms with van der Waals surface area (Å²) in [7, 11) is 0. The summed E-state index contributed by atoms with van der Waals surface area (Å²) in [5.74, 6) is 0. The van der Waals surface area contributed by atoms with E-state index in [1.807, 2.05) is 12.3 Å². The van der Waals surface area contributed by atoms with Crippen LogP contribution in [0.15, 0.2) is 42.6 Å². The molecule has 22 heavy (non-hydrogen) atoms. The molecular weight excluding hydrogens is 314 g/mol. The molecule has 1 fully saturated rings. The zero-order chi connectivity index (χ0) is 14.9. The molecule has 1 aliphatic rings. The zero-order valence-electron chi connectivity index (χ0n) is 12.1. The number of anilines is 1. The van der Waals surface area contributed by atoms with E-state index < -0.39 is 0 Å². The SMILES string of the molecule is Clc1ccc(N2CCN([C]c3ccc4cc[nH]c4c3)CC2)s1. The first-order valence-electron chi connectivity index (χ1n) is 7.37. The van der Waals surface area contributed by atoms with Gasteiger partial charge in [0.2, 0.25) is 0 Å². The summed E-state index contributed by atoms with van der Waals surface area (Å²) >= 11 is 7.67. The van der Waals surface area contributed by atoms with Gasteiger partial charge in [0.05, 0.1) is 15.9 Å². The molecule has 1 saturated heterocycles. The van der Waals surface area contributed by atoms with E-state index in [0.29, 0.717) is 0 Å². The third kappa shape index (κ3) is 2.86. The summed E-state index contributed by atoms with van der Waals surface area (Å²) in [6.45, 7) is 7.49. The Hall–Kier alpha value is -1.49. The van der Waals surface area contributed by atoms with Gasteiger partial charge in [-0.15, -0.1) is 11.3 Å². The fourth-order valence-corrected chi connectivity index (χ4v) is 3.90. The Morgan fingerprint density at radius 1 is 1.05 bits per heavy atom. The minimum atomic E-state index is 0.856. The molecule has 1 aliphatic heterocycles. The fraction of sp³-hybridized carbons (Fsp3) is 0.235. The van der Waals surface area contributed by atoms with Crippen LogP contribution >= 0.6 is 22.9 Å². The summed E-state index contributed by atoms with van der Waals surface area (Å²) in [5, 5.41) is 2.50. The first kappa shape index (κ1) is 14.1. The van der Waals surface area contributed by atoms with Crippen molar-refractivity contribution in [2.45, 2.75) is 0 Å². The van der Waals surface area contributed by atoms with Crippen molar-refractivity contribution in [3.8, 4) is 0 Å². The maximum atomic E-state index is 6.02. The van der Waals surface area contributed by atoms with Crippen molar-refractivity contribution < 1.29 is 0 Å². The van der Waals surface area contributed by atoms with Crippen LogP contribution < -0.4 is 4.90 Å². The van der Waals surface area contributed by atoms with Gasteiger partial charge in [0.15, 0.2) is 0 Å². The van der Waals surface area contributed by atoms with Crippen LogP contribution in [0.25, 0.3) is 10.9 Å². The number of thiophene rings is 1. The van der Waals surface area contributed by atoms with Gasteiger partial charge in [-0.2, -0.15) is 0 Å². The van der Waals surface area contributed by atoms with Crippen molar-refractivity contribution in [2.75, 3.05) is 31.1 Å². The second kappa shape index (κ2) is 5.95. The van der Waals surface area contributed by atoms with Crippen LogP contribution in [0.1, 0.15) is 5.56 Å². The standard InChI is InChI=1S/C17H16ClN3S/c18-16-3-4-17(22-16)21-9-7-20(8-10-21)12-13-1-2-14-5-6-19-15(14)11-13/h1-6,11,19H,7-10H2. The number of piperazine rings is 1. The lowest BCUT2D eigenvalue weighted by molar-refractivity contribution is 0.322. The largest absolute Gasteiger partial charge is 0.361 e. The zero-order valence-corrected chi connectivity index (χ0v) is 13.6. The number of halogens is 1. The van der Waals surface area contributed by atoms with E-state index in [-0.39, 0.29) is 0 Å². The topological polar surface area (TPSA) is 22.3 Å². The molecule has 0 spiro atoms. The fourth-order valence-electron chi connectivity index (χ4n) is 2.81. The predicted molar refractivity (Wildman–Crippen MR) is 93.8 cm³/mol. The van der Waals surface area contributed by atoms with Crippen LogP contribution in [0.3, 0.4) is 0 Å². The number of rotatable bonds is 3.